The number of hydrogen-bond acceptors (Lipinski definition) is 4. The number of nitro groups is 1. The predicted octanol–water partition coefficient (Wildman–Crippen LogP) is 3.48. The summed E-state index contributed by atoms with van der Waals surface area (Å²) in [7, 11) is 0. The molecule has 0 saturated heterocycles. The predicted molar refractivity (Wildman–Crippen MR) is 74.1 cm³/mol. The van der Waals surface area contributed by atoms with Crippen molar-refractivity contribution in [3.63, 3.8) is 0 Å². The van der Waals surface area contributed by atoms with Gasteiger partial charge in [0.2, 0.25) is 0 Å². The van der Waals surface area contributed by atoms with Gasteiger partial charge in [-0.3, -0.25) is 14.9 Å². The van der Waals surface area contributed by atoms with Crippen LogP contribution < -0.4 is 5.32 Å². The van der Waals surface area contributed by atoms with Gasteiger partial charge in [-0.25, -0.2) is 8.78 Å². The SMILES string of the molecule is O=C(Nc1cc(Cl)c([N+](=O)[O-])cc1O)c1ccc(F)c(F)c1. The third-order valence-electron chi connectivity index (χ3n) is 2.69. The Bertz CT molecular complexity index is 783. The summed E-state index contributed by atoms with van der Waals surface area (Å²) in [4.78, 5) is 21.7. The zero-order valence-electron chi connectivity index (χ0n) is 10.6. The number of nitrogens with zero attached hydrogens (tertiary/aromatic N) is 1. The standard InChI is InChI=1S/C13H7ClF2N2O4/c14-7-4-10(12(19)5-11(7)18(21)22)17-13(20)6-1-2-8(15)9(16)3-6/h1-5,19H,(H,17,20). The van der Waals surface area contributed by atoms with Crippen molar-refractivity contribution in [3.8, 4) is 5.75 Å². The molecule has 9 heteroatoms. The molecule has 0 aliphatic heterocycles. The molecule has 22 heavy (non-hydrogen) atoms. The molecule has 2 aromatic rings. The first-order chi connectivity index (χ1) is 10.3. The summed E-state index contributed by atoms with van der Waals surface area (Å²) in [5, 5.41) is 22.2. The van der Waals surface area contributed by atoms with E-state index in [1.807, 2.05) is 0 Å². The number of rotatable bonds is 3. The Labute approximate surface area is 127 Å². The van der Waals surface area contributed by atoms with E-state index in [2.05, 4.69) is 5.32 Å². The number of amides is 1. The van der Waals surface area contributed by atoms with Crippen LogP contribution in [-0.4, -0.2) is 15.9 Å². The first kappa shape index (κ1) is 15.6. The van der Waals surface area contributed by atoms with Crippen molar-refractivity contribution in [1.29, 1.82) is 0 Å². The first-order valence-electron chi connectivity index (χ1n) is 5.73. The molecule has 0 atom stereocenters. The fourth-order valence-corrected chi connectivity index (χ4v) is 1.86. The lowest BCUT2D eigenvalue weighted by Gasteiger charge is -2.08. The lowest BCUT2D eigenvalue weighted by Crippen LogP contribution is -2.12. The number of halogens is 3. The molecule has 2 N–H and O–H groups in total. The van der Waals surface area contributed by atoms with E-state index in [1.165, 1.54) is 0 Å². The van der Waals surface area contributed by atoms with Crippen LogP contribution in [0.4, 0.5) is 20.2 Å². The van der Waals surface area contributed by atoms with Gasteiger partial charge in [-0.15, -0.1) is 0 Å². The van der Waals surface area contributed by atoms with E-state index in [0.29, 0.717) is 6.07 Å². The Balaban J connectivity index is 2.30. The molecule has 0 heterocycles. The summed E-state index contributed by atoms with van der Waals surface area (Å²) in [6.45, 7) is 0. The molecule has 2 aromatic carbocycles. The number of phenolic OH excluding ortho intramolecular Hbond substituents is 1. The summed E-state index contributed by atoms with van der Waals surface area (Å²) in [5.74, 6) is -3.76. The van der Waals surface area contributed by atoms with Crippen LogP contribution in [0.1, 0.15) is 10.4 Å². The molecule has 0 unspecified atom stereocenters. The number of phenols is 1. The minimum absolute atomic E-state index is 0.201. The van der Waals surface area contributed by atoms with Crippen LogP contribution in [0, 0.1) is 21.7 Å². The van der Waals surface area contributed by atoms with E-state index in [0.717, 1.165) is 24.3 Å². The van der Waals surface area contributed by atoms with Crippen LogP contribution in [0.25, 0.3) is 0 Å². The number of benzene rings is 2. The smallest absolute Gasteiger partial charge is 0.291 e. The van der Waals surface area contributed by atoms with E-state index < -0.39 is 33.9 Å². The van der Waals surface area contributed by atoms with Crippen LogP contribution in [0.3, 0.4) is 0 Å². The van der Waals surface area contributed by atoms with Crippen molar-refractivity contribution >= 4 is 28.9 Å². The van der Waals surface area contributed by atoms with Crippen molar-refractivity contribution in [3.05, 3.63) is 62.7 Å². The van der Waals surface area contributed by atoms with Crippen molar-refractivity contribution in [2.24, 2.45) is 0 Å². The van der Waals surface area contributed by atoms with E-state index in [-0.39, 0.29) is 16.3 Å². The largest absolute Gasteiger partial charge is 0.506 e. The molecule has 0 spiro atoms. The minimum Gasteiger partial charge on any atom is -0.506 e. The third-order valence-corrected chi connectivity index (χ3v) is 2.99. The molecule has 1 amide bonds. The zero-order valence-corrected chi connectivity index (χ0v) is 11.4. The molecule has 0 bridgehead atoms. The lowest BCUT2D eigenvalue weighted by atomic mass is 10.2. The van der Waals surface area contributed by atoms with Crippen LogP contribution in [0.5, 0.6) is 5.75 Å². The third kappa shape index (κ3) is 3.12. The number of anilines is 1. The molecule has 6 nitrogen and oxygen atoms in total. The molecule has 2 rings (SSSR count). The fraction of sp³-hybridized carbons (Fsp3) is 0. The number of aromatic hydroxyl groups is 1. The molecule has 0 fully saturated rings. The Hall–Kier alpha value is -2.74. The van der Waals surface area contributed by atoms with E-state index >= 15 is 0 Å². The van der Waals surface area contributed by atoms with Crippen LogP contribution in [0.15, 0.2) is 30.3 Å². The number of hydrogen-bond donors (Lipinski definition) is 2. The highest BCUT2D eigenvalue weighted by Gasteiger charge is 2.18. The van der Waals surface area contributed by atoms with Crippen LogP contribution in [0.2, 0.25) is 5.02 Å². The average Bonchev–Trinajstić information content (AvgIpc) is 2.45. The molecule has 0 saturated carbocycles. The van der Waals surface area contributed by atoms with Crippen molar-refractivity contribution in [2.75, 3.05) is 5.32 Å². The van der Waals surface area contributed by atoms with E-state index in [4.69, 9.17) is 11.6 Å². The molecular weight excluding hydrogens is 322 g/mol. The first-order valence-corrected chi connectivity index (χ1v) is 6.10. The summed E-state index contributed by atoms with van der Waals surface area (Å²) in [6, 6.07) is 4.23. The minimum atomic E-state index is -1.21. The number of nitrogens with one attached hydrogen (secondary N) is 1. The molecule has 0 aliphatic rings. The second-order valence-corrected chi connectivity index (χ2v) is 4.57. The average molecular weight is 329 g/mol. The number of nitro benzene ring substituents is 1. The Kier molecular flexibility index (Phi) is 4.22. The molecule has 0 aromatic heterocycles. The maximum absolute atomic E-state index is 13.1. The fourth-order valence-electron chi connectivity index (χ4n) is 1.62. The van der Waals surface area contributed by atoms with Gasteiger partial charge in [-0.2, -0.15) is 0 Å². The zero-order chi connectivity index (χ0) is 16.4. The Morgan fingerprint density at radius 2 is 1.91 bits per heavy atom. The summed E-state index contributed by atoms with van der Waals surface area (Å²) >= 11 is 5.66. The quantitative estimate of drug-likeness (QED) is 0.512. The highest BCUT2D eigenvalue weighted by molar-refractivity contribution is 6.33. The van der Waals surface area contributed by atoms with Crippen molar-refractivity contribution in [1.82, 2.24) is 0 Å². The van der Waals surface area contributed by atoms with Gasteiger partial charge in [0, 0.05) is 5.56 Å². The number of carbonyl (C=O) groups is 1. The normalized spacial score (nSPS) is 10.3. The van der Waals surface area contributed by atoms with Crippen molar-refractivity contribution < 1.29 is 23.6 Å². The Morgan fingerprint density at radius 1 is 1.23 bits per heavy atom. The molecular formula is C13H7ClF2N2O4. The van der Waals surface area contributed by atoms with E-state index in [1.54, 1.807) is 0 Å². The number of carbonyl (C=O) groups excluding carboxylic acids is 1. The summed E-state index contributed by atoms with van der Waals surface area (Å²) in [6.07, 6.45) is 0. The second kappa shape index (κ2) is 5.94. The molecule has 114 valence electrons. The maximum atomic E-state index is 13.1. The maximum Gasteiger partial charge on any atom is 0.291 e. The van der Waals surface area contributed by atoms with Crippen molar-refractivity contribution in [2.45, 2.75) is 0 Å². The second-order valence-electron chi connectivity index (χ2n) is 4.16. The van der Waals surface area contributed by atoms with Gasteiger partial charge < -0.3 is 10.4 Å². The highest BCUT2D eigenvalue weighted by atomic mass is 35.5. The van der Waals surface area contributed by atoms with Crippen LogP contribution >= 0.6 is 11.6 Å². The lowest BCUT2D eigenvalue weighted by molar-refractivity contribution is -0.384. The summed E-state index contributed by atoms with van der Waals surface area (Å²) in [5.41, 5.74) is -0.942. The van der Waals surface area contributed by atoms with Gasteiger partial charge in [0.15, 0.2) is 11.6 Å². The van der Waals surface area contributed by atoms with Gasteiger partial charge in [-0.05, 0) is 24.3 Å². The molecule has 0 aliphatic carbocycles. The highest BCUT2D eigenvalue weighted by Crippen LogP contribution is 2.35. The van der Waals surface area contributed by atoms with Crippen LogP contribution in [-0.2, 0) is 0 Å². The van der Waals surface area contributed by atoms with Gasteiger partial charge in [0.05, 0.1) is 16.7 Å². The van der Waals surface area contributed by atoms with Gasteiger partial charge >= 0.3 is 0 Å². The molecule has 0 radical (unpaired) electrons. The Morgan fingerprint density at radius 3 is 2.50 bits per heavy atom. The van der Waals surface area contributed by atoms with Gasteiger partial charge in [0.25, 0.3) is 11.6 Å². The monoisotopic (exact) mass is 328 g/mol. The van der Waals surface area contributed by atoms with Gasteiger partial charge in [0.1, 0.15) is 10.8 Å². The topological polar surface area (TPSA) is 92.5 Å². The van der Waals surface area contributed by atoms with E-state index in [9.17, 15) is 28.8 Å². The summed E-state index contributed by atoms with van der Waals surface area (Å²) < 4.78 is 25.9. The van der Waals surface area contributed by atoms with Gasteiger partial charge in [-0.1, -0.05) is 11.6 Å².